The van der Waals surface area contributed by atoms with Gasteiger partial charge in [-0.2, -0.15) is 0 Å². The molecule has 1 saturated heterocycles. The fourth-order valence-electron chi connectivity index (χ4n) is 4.33. The summed E-state index contributed by atoms with van der Waals surface area (Å²) in [6, 6.07) is 17.0. The third kappa shape index (κ3) is 6.83. The van der Waals surface area contributed by atoms with Crippen molar-refractivity contribution < 1.29 is 23.5 Å². The van der Waals surface area contributed by atoms with Gasteiger partial charge in [0.15, 0.2) is 5.82 Å². The Morgan fingerprint density at radius 3 is 2.47 bits per heavy atom. The second-order valence-electron chi connectivity index (χ2n) is 8.96. The van der Waals surface area contributed by atoms with E-state index in [1.54, 1.807) is 18.1 Å². The number of nitrogens with zero attached hydrogens (tertiary/aromatic N) is 5. The van der Waals surface area contributed by atoms with Crippen molar-refractivity contribution >= 4 is 17.6 Å². The van der Waals surface area contributed by atoms with E-state index in [9.17, 15) is 14.0 Å². The summed E-state index contributed by atoms with van der Waals surface area (Å²) < 4.78 is 24.0. The molecule has 0 saturated carbocycles. The SMILES string of the molecule is COCCN(CC(=O)N1CCCN(c2ccc(-c3ccc(OC)cc3)nn2)CC1)C(=O)c1cccc(F)c1. The van der Waals surface area contributed by atoms with Crippen LogP contribution in [0.3, 0.4) is 0 Å². The molecule has 1 fully saturated rings. The molecule has 1 aliphatic heterocycles. The normalized spacial score (nSPS) is 13.7. The van der Waals surface area contributed by atoms with Crippen LogP contribution < -0.4 is 9.64 Å². The summed E-state index contributed by atoms with van der Waals surface area (Å²) in [5.41, 5.74) is 1.91. The lowest BCUT2D eigenvalue weighted by Crippen LogP contribution is -2.45. The van der Waals surface area contributed by atoms with Crippen molar-refractivity contribution in [2.45, 2.75) is 6.42 Å². The molecule has 200 valence electrons. The summed E-state index contributed by atoms with van der Waals surface area (Å²) in [4.78, 5) is 31.5. The molecule has 10 heteroatoms. The minimum Gasteiger partial charge on any atom is -0.497 e. The zero-order valence-electron chi connectivity index (χ0n) is 21.7. The van der Waals surface area contributed by atoms with Gasteiger partial charge in [-0.25, -0.2) is 4.39 Å². The Morgan fingerprint density at radius 2 is 1.79 bits per heavy atom. The van der Waals surface area contributed by atoms with Gasteiger partial charge in [-0.1, -0.05) is 6.07 Å². The predicted molar refractivity (Wildman–Crippen MR) is 142 cm³/mol. The number of amides is 2. The minimum atomic E-state index is -0.499. The lowest BCUT2D eigenvalue weighted by Gasteiger charge is -2.27. The molecule has 0 spiro atoms. The first kappa shape index (κ1) is 27.0. The summed E-state index contributed by atoms with van der Waals surface area (Å²) in [5.74, 6) is 0.468. The Bertz CT molecular complexity index is 1220. The van der Waals surface area contributed by atoms with E-state index in [1.165, 1.54) is 30.2 Å². The fraction of sp³-hybridized carbons (Fsp3) is 0.357. The summed E-state index contributed by atoms with van der Waals surface area (Å²) in [6.07, 6.45) is 0.754. The van der Waals surface area contributed by atoms with E-state index < -0.39 is 11.7 Å². The zero-order chi connectivity index (χ0) is 26.9. The number of halogens is 1. The van der Waals surface area contributed by atoms with Crippen LogP contribution in [-0.2, 0) is 9.53 Å². The van der Waals surface area contributed by atoms with E-state index in [-0.39, 0.29) is 31.2 Å². The molecule has 2 amide bonds. The van der Waals surface area contributed by atoms with Gasteiger partial charge in [-0.05, 0) is 61.0 Å². The van der Waals surface area contributed by atoms with E-state index in [2.05, 4.69) is 15.1 Å². The first-order valence-electron chi connectivity index (χ1n) is 12.5. The Kier molecular flexibility index (Phi) is 9.21. The number of aromatic nitrogens is 2. The van der Waals surface area contributed by atoms with Crippen LogP contribution in [-0.4, -0.2) is 91.9 Å². The summed E-state index contributed by atoms with van der Waals surface area (Å²) in [7, 11) is 3.16. The maximum atomic E-state index is 13.7. The summed E-state index contributed by atoms with van der Waals surface area (Å²) >= 11 is 0. The first-order chi connectivity index (χ1) is 18.5. The maximum Gasteiger partial charge on any atom is 0.254 e. The maximum absolute atomic E-state index is 13.7. The van der Waals surface area contributed by atoms with Gasteiger partial charge in [0.1, 0.15) is 18.1 Å². The Hall–Kier alpha value is -4.05. The number of benzene rings is 2. The number of hydrogen-bond acceptors (Lipinski definition) is 7. The van der Waals surface area contributed by atoms with Crippen molar-refractivity contribution in [3.63, 3.8) is 0 Å². The predicted octanol–water partition coefficient (Wildman–Crippen LogP) is 3.12. The molecular formula is C28H32FN5O4. The molecule has 0 radical (unpaired) electrons. The molecule has 0 N–H and O–H groups in total. The van der Waals surface area contributed by atoms with E-state index in [4.69, 9.17) is 9.47 Å². The first-order valence-corrected chi connectivity index (χ1v) is 12.5. The highest BCUT2D eigenvalue weighted by molar-refractivity contribution is 5.96. The van der Waals surface area contributed by atoms with E-state index in [0.29, 0.717) is 19.6 Å². The van der Waals surface area contributed by atoms with E-state index in [1.807, 2.05) is 36.4 Å². The average molecular weight is 522 g/mol. The molecule has 1 aliphatic rings. The summed E-state index contributed by atoms with van der Waals surface area (Å²) in [5, 5.41) is 8.81. The van der Waals surface area contributed by atoms with Crippen LogP contribution in [0.2, 0.25) is 0 Å². The highest BCUT2D eigenvalue weighted by atomic mass is 19.1. The largest absolute Gasteiger partial charge is 0.497 e. The molecule has 38 heavy (non-hydrogen) atoms. The van der Waals surface area contributed by atoms with Gasteiger partial charge in [-0.3, -0.25) is 9.59 Å². The molecule has 0 bridgehead atoms. The molecule has 0 unspecified atom stereocenters. The molecule has 9 nitrogen and oxygen atoms in total. The Labute approximate surface area is 221 Å². The topological polar surface area (TPSA) is 88.1 Å². The summed E-state index contributed by atoms with van der Waals surface area (Å²) in [6.45, 7) is 2.79. The molecule has 2 heterocycles. The smallest absolute Gasteiger partial charge is 0.254 e. The van der Waals surface area contributed by atoms with Crippen LogP contribution in [0.4, 0.5) is 10.2 Å². The van der Waals surface area contributed by atoms with Gasteiger partial charge in [0, 0.05) is 51.0 Å². The Morgan fingerprint density at radius 1 is 0.974 bits per heavy atom. The third-order valence-corrected chi connectivity index (χ3v) is 6.46. The van der Waals surface area contributed by atoms with Crippen LogP contribution in [0.15, 0.2) is 60.7 Å². The van der Waals surface area contributed by atoms with Crippen LogP contribution in [0.25, 0.3) is 11.3 Å². The van der Waals surface area contributed by atoms with Crippen LogP contribution in [0, 0.1) is 5.82 Å². The molecular weight excluding hydrogens is 489 g/mol. The van der Waals surface area contributed by atoms with Gasteiger partial charge in [0.2, 0.25) is 5.91 Å². The van der Waals surface area contributed by atoms with Gasteiger partial charge in [0.25, 0.3) is 5.91 Å². The fourth-order valence-corrected chi connectivity index (χ4v) is 4.33. The monoisotopic (exact) mass is 521 g/mol. The number of ether oxygens (including phenoxy) is 2. The molecule has 3 aromatic rings. The lowest BCUT2D eigenvalue weighted by molar-refractivity contribution is -0.131. The minimum absolute atomic E-state index is 0.102. The molecule has 0 atom stereocenters. The van der Waals surface area contributed by atoms with Crippen molar-refractivity contribution in [1.82, 2.24) is 20.0 Å². The number of carbonyl (C=O) groups excluding carboxylic acids is 2. The second-order valence-corrected chi connectivity index (χ2v) is 8.96. The van der Waals surface area contributed by atoms with Crippen LogP contribution >= 0.6 is 0 Å². The highest BCUT2D eigenvalue weighted by Crippen LogP contribution is 2.22. The Balaban J connectivity index is 1.37. The highest BCUT2D eigenvalue weighted by Gasteiger charge is 2.25. The van der Waals surface area contributed by atoms with Gasteiger partial charge in [0.05, 0.1) is 19.4 Å². The number of carbonyl (C=O) groups is 2. The van der Waals surface area contributed by atoms with E-state index >= 15 is 0 Å². The van der Waals surface area contributed by atoms with Crippen molar-refractivity contribution in [2.24, 2.45) is 0 Å². The standard InChI is InChI=1S/C28H32FN5O4/c1-37-18-17-34(28(36)22-5-3-6-23(29)19-22)20-27(35)33-14-4-13-32(15-16-33)26-12-11-25(30-31-26)21-7-9-24(38-2)10-8-21/h3,5-12,19H,4,13-18,20H2,1-2H3. The third-order valence-electron chi connectivity index (χ3n) is 6.46. The van der Waals surface area contributed by atoms with E-state index in [0.717, 1.165) is 35.8 Å². The zero-order valence-corrected chi connectivity index (χ0v) is 21.7. The number of hydrogen-bond donors (Lipinski definition) is 0. The lowest BCUT2D eigenvalue weighted by atomic mass is 10.1. The van der Waals surface area contributed by atoms with Crippen molar-refractivity contribution in [1.29, 1.82) is 0 Å². The van der Waals surface area contributed by atoms with Gasteiger partial charge < -0.3 is 24.2 Å². The van der Waals surface area contributed by atoms with Gasteiger partial charge >= 0.3 is 0 Å². The number of methoxy groups -OCH3 is 2. The molecule has 4 rings (SSSR count). The van der Waals surface area contributed by atoms with Crippen LogP contribution in [0.1, 0.15) is 16.8 Å². The van der Waals surface area contributed by atoms with Crippen molar-refractivity contribution in [3.8, 4) is 17.0 Å². The van der Waals surface area contributed by atoms with Crippen molar-refractivity contribution in [3.05, 3.63) is 72.0 Å². The van der Waals surface area contributed by atoms with Crippen molar-refractivity contribution in [2.75, 3.05) is 65.0 Å². The molecule has 2 aromatic carbocycles. The second kappa shape index (κ2) is 13.0. The quantitative estimate of drug-likeness (QED) is 0.428. The van der Waals surface area contributed by atoms with Gasteiger partial charge in [-0.15, -0.1) is 10.2 Å². The van der Waals surface area contributed by atoms with Crippen LogP contribution in [0.5, 0.6) is 5.75 Å². The number of rotatable bonds is 9. The number of anilines is 1. The average Bonchev–Trinajstić information content (AvgIpc) is 3.21. The molecule has 0 aliphatic carbocycles. The molecule has 1 aromatic heterocycles.